The molecular weight excluding hydrogens is 488 g/mol. The normalized spacial score (nSPS) is 16.7. The first-order valence-electron chi connectivity index (χ1n) is 13.6. The number of ketones is 2. The molecule has 0 amide bonds. The van der Waals surface area contributed by atoms with Gasteiger partial charge in [-0.05, 0) is 73.9 Å². The van der Waals surface area contributed by atoms with Crippen LogP contribution in [0.3, 0.4) is 0 Å². The Kier molecular flexibility index (Phi) is 6.61. The van der Waals surface area contributed by atoms with Crippen molar-refractivity contribution in [2.24, 2.45) is 10.9 Å². The van der Waals surface area contributed by atoms with Gasteiger partial charge in [-0.2, -0.15) is 0 Å². The molecule has 1 aromatic heterocycles. The van der Waals surface area contributed by atoms with E-state index in [1.807, 2.05) is 34.6 Å². The van der Waals surface area contributed by atoms with Crippen LogP contribution in [0.25, 0.3) is 10.9 Å². The average Bonchev–Trinajstić information content (AvgIpc) is 3.24. The van der Waals surface area contributed by atoms with Crippen LogP contribution in [0.5, 0.6) is 11.5 Å². The first kappa shape index (κ1) is 26.7. The zero-order valence-corrected chi connectivity index (χ0v) is 23.7. The predicted molar refractivity (Wildman–Crippen MR) is 155 cm³/mol. The van der Waals surface area contributed by atoms with Gasteiger partial charge in [-0.25, -0.2) is 0 Å². The zero-order chi connectivity index (χ0) is 28.3. The summed E-state index contributed by atoms with van der Waals surface area (Å²) in [6.45, 7) is 13.6. The van der Waals surface area contributed by atoms with Crippen LogP contribution in [-0.4, -0.2) is 39.0 Å². The minimum Gasteiger partial charge on any atom is -0.508 e. The number of hydrogen-bond donors (Lipinski definition) is 3. The van der Waals surface area contributed by atoms with E-state index in [-0.39, 0.29) is 34.9 Å². The maximum Gasteiger partial charge on any atom is 0.186 e. The number of rotatable bonds is 5. The number of phenolic OH excluding ortho intramolecular Hbond substituents is 2. The van der Waals surface area contributed by atoms with Crippen LogP contribution in [0, 0.1) is 19.8 Å². The Labute approximate surface area is 229 Å². The van der Waals surface area contributed by atoms with Gasteiger partial charge in [0.15, 0.2) is 11.6 Å². The van der Waals surface area contributed by atoms with E-state index < -0.39 is 5.92 Å². The van der Waals surface area contributed by atoms with Gasteiger partial charge >= 0.3 is 0 Å². The van der Waals surface area contributed by atoms with Crippen molar-refractivity contribution in [2.75, 3.05) is 6.54 Å². The van der Waals surface area contributed by atoms with Crippen molar-refractivity contribution in [3.05, 3.63) is 80.6 Å². The van der Waals surface area contributed by atoms with Crippen LogP contribution >= 0.6 is 0 Å². The summed E-state index contributed by atoms with van der Waals surface area (Å²) in [5, 5.41) is 23.8. The standard InChI is InChI=1S/C33H36N2O4/c1-15(2)22-13-25(36)18(6)27(32(22)38)29(28-19(7)26(37)14-23(16(3)4)33(28)39)31-30-21(10-11-34-31)20-9-8-17(5)12-24(20)35-30/h8-9,12-16,29,35-36,38H,10-11H2,1-7H3. The molecule has 0 saturated heterocycles. The number of aromatic hydroxyl groups is 2. The number of benzene rings is 2. The molecule has 5 rings (SSSR count). The quantitative estimate of drug-likeness (QED) is 0.262. The van der Waals surface area contributed by atoms with Gasteiger partial charge in [0.2, 0.25) is 0 Å². The maximum absolute atomic E-state index is 14.1. The van der Waals surface area contributed by atoms with Crippen molar-refractivity contribution in [3.63, 3.8) is 0 Å². The number of Topliss-reactive ketones (excluding diaryl/α,β-unsaturated/α-hetero) is 1. The molecule has 3 N–H and O–H groups in total. The topological polar surface area (TPSA) is 103 Å². The third-order valence-corrected chi connectivity index (χ3v) is 8.23. The molecule has 2 aliphatic rings. The van der Waals surface area contributed by atoms with E-state index in [1.54, 1.807) is 19.9 Å². The van der Waals surface area contributed by atoms with Gasteiger partial charge in [-0.3, -0.25) is 14.6 Å². The smallest absolute Gasteiger partial charge is 0.186 e. The fourth-order valence-corrected chi connectivity index (χ4v) is 6.01. The monoisotopic (exact) mass is 524 g/mol. The number of aliphatic imine (C=N–C) groups is 1. The molecule has 6 nitrogen and oxygen atoms in total. The molecular formula is C33H36N2O4. The van der Waals surface area contributed by atoms with E-state index >= 15 is 0 Å². The lowest BCUT2D eigenvalue weighted by Crippen LogP contribution is -2.31. The van der Waals surface area contributed by atoms with E-state index in [0.29, 0.717) is 45.7 Å². The van der Waals surface area contributed by atoms with Gasteiger partial charge in [-0.1, -0.05) is 39.8 Å². The molecule has 0 saturated carbocycles. The maximum atomic E-state index is 14.1. The third-order valence-electron chi connectivity index (χ3n) is 8.23. The van der Waals surface area contributed by atoms with Gasteiger partial charge in [0.1, 0.15) is 11.5 Å². The summed E-state index contributed by atoms with van der Waals surface area (Å²) in [6, 6.07) is 7.86. The molecule has 39 heavy (non-hydrogen) atoms. The van der Waals surface area contributed by atoms with Crippen molar-refractivity contribution in [2.45, 2.75) is 66.7 Å². The Bertz CT molecular complexity index is 1650. The second-order valence-corrected chi connectivity index (χ2v) is 11.5. The van der Waals surface area contributed by atoms with E-state index in [4.69, 9.17) is 4.99 Å². The lowest BCUT2D eigenvalue weighted by atomic mass is 9.72. The molecule has 202 valence electrons. The van der Waals surface area contributed by atoms with Crippen LogP contribution in [0.2, 0.25) is 0 Å². The van der Waals surface area contributed by atoms with E-state index in [1.165, 1.54) is 6.08 Å². The summed E-state index contributed by atoms with van der Waals surface area (Å²) >= 11 is 0. The first-order chi connectivity index (χ1) is 18.4. The molecule has 0 fully saturated rings. The highest BCUT2D eigenvalue weighted by Crippen LogP contribution is 2.47. The number of hydrogen-bond acceptors (Lipinski definition) is 5. The molecule has 1 aliphatic carbocycles. The van der Waals surface area contributed by atoms with Gasteiger partial charge in [0.05, 0.1) is 17.3 Å². The summed E-state index contributed by atoms with van der Waals surface area (Å²) in [5.74, 6) is -1.47. The minimum absolute atomic E-state index is 0.0216. The number of H-pyrrole nitrogens is 1. The van der Waals surface area contributed by atoms with Crippen molar-refractivity contribution < 1.29 is 19.8 Å². The number of aromatic amines is 1. The zero-order valence-electron chi connectivity index (χ0n) is 23.7. The van der Waals surface area contributed by atoms with Gasteiger partial charge < -0.3 is 15.2 Å². The molecule has 0 bridgehead atoms. The van der Waals surface area contributed by atoms with E-state index in [0.717, 1.165) is 34.1 Å². The largest absolute Gasteiger partial charge is 0.508 e. The highest BCUT2D eigenvalue weighted by atomic mass is 16.3. The minimum atomic E-state index is -0.846. The van der Waals surface area contributed by atoms with Crippen molar-refractivity contribution in [1.82, 2.24) is 4.98 Å². The van der Waals surface area contributed by atoms with E-state index in [9.17, 15) is 19.8 Å². The van der Waals surface area contributed by atoms with Crippen LogP contribution in [-0.2, 0) is 16.0 Å². The van der Waals surface area contributed by atoms with Crippen LogP contribution < -0.4 is 0 Å². The number of aromatic nitrogens is 1. The fraction of sp³-hybridized carbons (Fsp3) is 0.364. The van der Waals surface area contributed by atoms with E-state index in [2.05, 4.69) is 23.2 Å². The second-order valence-electron chi connectivity index (χ2n) is 11.5. The summed E-state index contributed by atoms with van der Waals surface area (Å²) in [6.07, 6.45) is 2.18. The SMILES string of the molecule is CC1=C(C(C2=NCCc3c2[nH]c2cc(C)ccc32)c2c(C)c(O)cc(C(C)C)c2O)C(=O)C(C(C)C)=CC1=O. The van der Waals surface area contributed by atoms with Gasteiger partial charge in [0, 0.05) is 45.3 Å². The summed E-state index contributed by atoms with van der Waals surface area (Å²) in [4.78, 5) is 35.9. The Morgan fingerprint density at radius 2 is 1.69 bits per heavy atom. The average molecular weight is 525 g/mol. The molecule has 1 unspecified atom stereocenters. The lowest BCUT2D eigenvalue weighted by molar-refractivity contribution is -0.116. The summed E-state index contributed by atoms with van der Waals surface area (Å²) in [5.41, 5.74) is 7.16. The van der Waals surface area contributed by atoms with Crippen LogP contribution in [0.1, 0.15) is 80.0 Å². The Balaban J connectivity index is 1.87. The highest BCUT2D eigenvalue weighted by Gasteiger charge is 2.41. The second kappa shape index (κ2) is 9.67. The Morgan fingerprint density at radius 3 is 2.36 bits per heavy atom. The van der Waals surface area contributed by atoms with Crippen molar-refractivity contribution >= 4 is 28.2 Å². The van der Waals surface area contributed by atoms with Crippen molar-refractivity contribution in [3.8, 4) is 11.5 Å². The Hall–Kier alpha value is -3.93. The van der Waals surface area contributed by atoms with Crippen LogP contribution in [0.4, 0.5) is 0 Å². The van der Waals surface area contributed by atoms with Crippen molar-refractivity contribution in [1.29, 1.82) is 0 Å². The number of allylic oxidation sites excluding steroid dienone is 4. The molecule has 1 aliphatic heterocycles. The summed E-state index contributed by atoms with van der Waals surface area (Å²) < 4.78 is 0. The molecule has 1 atom stereocenters. The number of fused-ring (bicyclic) bond motifs is 3. The number of nitrogens with zero attached hydrogens (tertiary/aromatic N) is 1. The fourth-order valence-electron chi connectivity index (χ4n) is 6.01. The first-order valence-corrected chi connectivity index (χ1v) is 13.6. The molecule has 6 heteroatoms. The van der Waals surface area contributed by atoms with Gasteiger partial charge in [0.25, 0.3) is 0 Å². The number of carbonyl (C=O) groups is 2. The lowest BCUT2D eigenvalue weighted by Gasteiger charge is -2.31. The molecule has 0 radical (unpaired) electrons. The number of aryl methyl sites for hydroxylation is 1. The molecule has 2 heterocycles. The Morgan fingerprint density at radius 1 is 0.974 bits per heavy atom. The number of carbonyl (C=O) groups excluding carboxylic acids is 2. The van der Waals surface area contributed by atoms with Gasteiger partial charge in [-0.15, -0.1) is 0 Å². The predicted octanol–water partition coefficient (Wildman–Crippen LogP) is 6.50. The third kappa shape index (κ3) is 4.22. The molecule has 0 spiro atoms. The number of nitrogens with one attached hydrogen (secondary N) is 1. The molecule has 2 aromatic carbocycles. The number of phenols is 2. The van der Waals surface area contributed by atoms with Crippen LogP contribution in [0.15, 0.2) is 52.1 Å². The summed E-state index contributed by atoms with van der Waals surface area (Å²) in [7, 11) is 0. The highest BCUT2D eigenvalue weighted by molar-refractivity contribution is 6.27. The molecule has 3 aromatic rings.